The topological polar surface area (TPSA) is 147 Å². The lowest BCUT2D eigenvalue weighted by Crippen LogP contribution is -2.58. The maximum absolute atomic E-state index is 14.5. The first kappa shape index (κ1) is 38.8. The second kappa shape index (κ2) is 14.9. The van der Waals surface area contributed by atoms with Crippen molar-refractivity contribution in [3.63, 3.8) is 0 Å². The average molecular weight is 804 g/mol. The monoisotopic (exact) mass is 803 g/mol. The van der Waals surface area contributed by atoms with Crippen molar-refractivity contribution >= 4 is 44.8 Å². The fraction of sp³-hybridized carbons (Fsp3) is 0.474. The van der Waals surface area contributed by atoms with Crippen LogP contribution in [0, 0.1) is 11.7 Å². The lowest BCUT2D eigenvalue weighted by atomic mass is 10.0. The zero-order chi connectivity index (χ0) is 39.2. The molecule has 1 aromatic heterocycles. The highest BCUT2D eigenvalue weighted by Crippen LogP contribution is 2.47. The molecule has 0 radical (unpaired) electrons. The zero-order valence-corrected chi connectivity index (χ0v) is 31.5. The van der Waals surface area contributed by atoms with E-state index >= 15 is 0 Å². The van der Waals surface area contributed by atoms with Gasteiger partial charge in [0.25, 0.3) is 11.1 Å². The largest absolute Gasteiger partial charge is 0.465 e. The van der Waals surface area contributed by atoms with Crippen LogP contribution < -0.4 is 20.1 Å². The Morgan fingerprint density at radius 1 is 1.09 bits per heavy atom. The molecule has 3 fully saturated rings. The predicted octanol–water partition coefficient (Wildman–Crippen LogP) is 6.19. The lowest BCUT2D eigenvalue weighted by Gasteiger charge is -2.30. The number of thiazole rings is 1. The molecule has 3 amide bonds. The molecule has 2 aliphatic heterocycles. The number of benzene rings is 2. The Morgan fingerprint density at radius 3 is 2.58 bits per heavy atom. The van der Waals surface area contributed by atoms with Gasteiger partial charge in [0.05, 0.1) is 22.5 Å². The summed E-state index contributed by atoms with van der Waals surface area (Å²) in [5, 5.41) is 7.72. The Hall–Kier alpha value is -4.51. The Bertz CT molecular complexity index is 2090. The van der Waals surface area contributed by atoms with Gasteiger partial charge in [-0.05, 0) is 63.6 Å². The van der Waals surface area contributed by atoms with Crippen LogP contribution in [0.4, 0.5) is 23.2 Å². The average Bonchev–Trinajstić information content (AvgIpc) is 3.92. The molecule has 3 heterocycles. The van der Waals surface area contributed by atoms with Gasteiger partial charge >= 0.3 is 6.18 Å². The van der Waals surface area contributed by atoms with Crippen molar-refractivity contribution in [1.29, 1.82) is 0 Å². The molecule has 2 aliphatic carbocycles. The van der Waals surface area contributed by atoms with Crippen molar-refractivity contribution in [3.8, 4) is 16.5 Å². The number of allylic oxidation sites excluding steroid dienone is 1. The van der Waals surface area contributed by atoms with Crippen LogP contribution >= 0.6 is 11.3 Å². The molecule has 294 valence electrons. The summed E-state index contributed by atoms with van der Waals surface area (Å²) in [4.78, 5) is 48.5. The third kappa shape index (κ3) is 8.37. The van der Waals surface area contributed by atoms with E-state index in [-0.39, 0.29) is 36.7 Å². The van der Waals surface area contributed by atoms with Gasteiger partial charge in [-0.15, -0.1) is 0 Å². The standard InChI is InChI=1S/C38H41F4N5O6S2/c1-36(14-15-36)55(51,52)46-34(50)37-20-24(37)12-8-3-2-4-9-13-29(43-27-17-25(38(40,41)42)16-26(39)18-27)33(49)47-21-28(19-31(47)32(48)45-37)53-35-44-30(22-54-35)23-10-6-5-7-11-23/h5-8,10-12,16-18,22,24,28-29,31,43H,2-4,9,13-15,19-21H2,1H3,(H,45,48)(H,46,50)/b12-8-/t24-,28-,29+,31+,37-/m1/s1. The second-order valence-corrected chi connectivity index (χ2v) is 18.0. The van der Waals surface area contributed by atoms with E-state index in [4.69, 9.17) is 4.74 Å². The number of sulfonamides is 1. The van der Waals surface area contributed by atoms with Crippen molar-refractivity contribution in [2.45, 2.75) is 99.4 Å². The van der Waals surface area contributed by atoms with Crippen molar-refractivity contribution in [2.75, 3.05) is 11.9 Å². The molecule has 0 spiro atoms. The minimum absolute atomic E-state index is 0.0305. The SMILES string of the molecule is CC1(S(=O)(=O)NC(=O)[C@@]23C[C@H]2/C=C\CCCCC[C@H](Nc2cc(F)cc(C(F)(F)F)c2)C(=O)N2C[C@H](Oc4nc(-c5ccccc5)cs4)C[C@H]2C(=O)N3)CC1. The quantitative estimate of drug-likeness (QED) is 0.181. The van der Waals surface area contributed by atoms with Gasteiger partial charge in [-0.1, -0.05) is 66.7 Å². The molecule has 7 rings (SSSR count). The number of rotatable bonds is 8. The molecule has 4 aliphatic rings. The fourth-order valence-corrected chi connectivity index (χ4v) is 9.24. The third-order valence-electron chi connectivity index (χ3n) is 10.9. The molecule has 3 aromatic rings. The van der Waals surface area contributed by atoms with Gasteiger partial charge in [-0.25, -0.2) is 17.8 Å². The first-order chi connectivity index (χ1) is 26.1. The van der Waals surface area contributed by atoms with E-state index in [9.17, 15) is 40.4 Å². The van der Waals surface area contributed by atoms with Gasteiger partial charge < -0.3 is 20.3 Å². The minimum Gasteiger partial charge on any atom is -0.465 e. The lowest BCUT2D eigenvalue weighted by molar-refractivity contribution is -0.140. The molecule has 11 nitrogen and oxygen atoms in total. The Balaban J connectivity index is 1.19. The van der Waals surface area contributed by atoms with Crippen LogP contribution in [0.15, 0.2) is 66.1 Å². The Labute approximate surface area is 320 Å². The first-order valence-corrected chi connectivity index (χ1v) is 20.6. The number of amides is 3. The number of alkyl halides is 3. The number of nitrogens with zero attached hydrogens (tertiary/aromatic N) is 2. The van der Waals surface area contributed by atoms with Crippen LogP contribution in [0.25, 0.3) is 11.3 Å². The number of aromatic nitrogens is 1. The Kier molecular flexibility index (Phi) is 10.5. The predicted molar refractivity (Wildman–Crippen MR) is 197 cm³/mol. The number of anilines is 1. The Morgan fingerprint density at radius 2 is 1.85 bits per heavy atom. The van der Waals surface area contributed by atoms with E-state index in [0.717, 1.165) is 17.7 Å². The van der Waals surface area contributed by atoms with Crippen LogP contribution in [0.3, 0.4) is 0 Å². The van der Waals surface area contributed by atoms with Crippen molar-refractivity contribution in [3.05, 3.63) is 77.4 Å². The molecular formula is C38H41F4N5O6S2. The van der Waals surface area contributed by atoms with Crippen LogP contribution in [0.5, 0.6) is 5.19 Å². The van der Waals surface area contributed by atoms with Crippen molar-refractivity contribution in [1.82, 2.24) is 19.9 Å². The van der Waals surface area contributed by atoms with E-state index in [2.05, 4.69) is 20.3 Å². The normalized spacial score (nSPS) is 27.4. The molecule has 5 atom stereocenters. The summed E-state index contributed by atoms with van der Waals surface area (Å²) in [6, 6.07) is 9.00. The number of fused-ring (bicyclic) bond motifs is 2. The molecule has 2 saturated carbocycles. The van der Waals surface area contributed by atoms with Crippen LogP contribution in [0.1, 0.15) is 70.3 Å². The van der Waals surface area contributed by atoms with Crippen molar-refractivity contribution in [2.24, 2.45) is 5.92 Å². The zero-order valence-electron chi connectivity index (χ0n) is 29.9. The summed E-state index contributed by atoms with van der Waals surface area (Å²) in [6.45, 7) is 1.44. The number of hydrogen-bond donors (Lipinski definition) is 3. The number of halogens is 4. The maximum Gasteiger partial charge on any atom is 0.416 e. The summed E-state index contributed by atoms with van der Waals surface area (Å²) < 4.78 is 88.9. The number of carbonyl (C=O) groups is 3. The van der Waals surface area contributed by atoms with Gasteiger partial charge in [0.1, 0.15) is 29.5 Å². The highest BCUT2D eigenvalue weighted by molar-refractivity contribution is 7.91. The van der Waals surface area contributed by atoms with Crippen LogP contribution in [0.2, 0.25) is 0 Å². The summed E-state index contributed by atoms with van der Waals surface area (Å²) in [5.74, 6) is -3.85. The summed E-state index contributed by atoms with van der Waals surface area (Å²) in [5.41, 5.74) is -1.55. The highest BCUT2D eigenvalue weighted by atomic mass is 32.2. The fourth-order valence-electron chi connectivity index (χ4n) is 7.18. The van der Waals surface area contributed by atoms with E-state index in [1.165, 1.54) is 16.2 Å². The molecule has 2 aromatic carbocycles. The number of hydrogen-bond acceptors (Lipinski definition) is 9. The highest BCUT2D eigenvalue weighted by Gasteiger charge is 2.63. The first-order valence-electron chi connectivity index (χ1n) is 18.2. The van der Waals surface area contributed by atoms with Gasteiger partial charge in [0.15, 0.2) is 0 Å². The molecular weight excluding hydrogens is 763 g/mol. The van der Waals surface area contributed by atoms with Gasteiger partial charge in [0, 0.05) is 29.0 Å². The van der Waals surface area contributed by atoms with Crippen molar-refractivity contribution < 1.29 is 45.1 Å². The molecule has 3 N–H and O–H groups in total. The summed E-state index contributed by atoms with van der Waals surface area (Å²) >= 11 is 1.23. The molecule has 0 bridgehead atoms. The molecule has 1 saturated heterocycles. The number of ether oxygens (including phenoxy) is 1. The third-order valence-corrected chi connectivity index (χ3v) is 13.8. The molecule has 17 heteroatoms. The maximum atomic E-state index is 14.5. The summed E-state index contributed by atoms with van der Waals surface area (Å²) in [7, 11) is -4.04. The van der Waals surface area contributed by atoms with E-state index in [1.54, 1.807) is 13.0 Å². The van der Waals surface area contributed by atoms with Crippen LogP contribution in [-0.2, 0) is 30.6 Å². The van der Waals surface area contributed by atoms with E-state index < -0.39 is 79.7 Å². The number of nitrogens with one attached hydrogen (secondary N) is 3. The van der Waals surface area contributed by atoms with E-state index in [1.807, 2.05) is 41.8 Å². The van der Waals surface area contributed by atoms with Gasteiger partial charge in [-0.2, -0.15) is 13.2 Å². The van der Waals surface area contributed by atoms with E-state index in [0.29, 0.717) is 50.3 Å². The smallest absolute Gasteiger partial charge is 0.416 e. The molecule has 55 heavy (non-hydrogen) atoms. The number of carbonyl (C=O) groups excluding carboxylic acids is 3. The van der Waals surface area contributed by atoms with Gasteiger partial charge in [0.2, 0.25) is 21.8 Å². The van der Waals surface area contributed by atoms with Crippen LogP contribution in [-0.4, -0.2) is 71.0 Å². The minimum atomic E-state index is -4.84. The summed E-state index contributed by atoms with van der Waals surface area (Å²) in [6.07, 6.45) is 1.54. The van der Waals surface area contributed by atoms with Gasteiger partial charge in [-0.3, -0.25) is 19.1 Å². The second-order valence-electron chi connectivity index (χ2n) is 15.0. The molecule has 0 unspecified atom stereocenters.